The lowest BCUT2D eigenvalue weighted by Gasteiger charge is -2.10. The lowest BCUT2D eigenvalue weighted by atomic mass is 10.2. The Balaban J connectivity index is 2.32. The molecule has 6 nitrogen and oxygen atoms in total. The van der Waals surface area contributed by atoms with E-state index < -0.39 is 0 Å². The van der Waals surface area contributed by atoms with E-state index in [4.69, 9.17) is 4.74 Å². The molecule has 1 rings (SSSR count). The Morgan fingerprint density at radius 1 is 1.19 bits per heavy atom. The van der Waals surface area contributed by atoms with E-state index in [1.165, 1.54) is 6.92 Å². The van der Waals surface area contributed by atoms with Crippen LogP contribution in [0.15, 0.2) is 24.3 Å². The van der Waals surface area contributed by atoms with Gasteiger partial charge in [0.05, 0.1) is 6.10 Å². The molecule has 3 amide bonds. The van der Waals surface area contributed by atoms with Gasteiger partial charge in [0.25, 0.3) is 0 Å². The van der Waals surface area contributed by atoms with Crippen LogP contribution >= 0.6 is 0 Å². The third-order valence-corrected chi connectivity index (χ3v) is 2.50. The summed E-state index contributed by atoms with van der Waals surface area (Å²) < 4.78 is 5.38. The monoisotopic (exact) mass is 293 g/mol. The highest BCUT2D eigenvalue weighted by atomic mass is 16.5. The molecule has 0 unspecified atom stereocenters. The SMILES string of the molecule is CC(=O)Nc1cccc(NC(=O)NCCCOC(C)C)c1. The number of carbonyl (C=O) groups is 2. The van der Waals surface area contributed by atoms with E-state index in [-0.39, 0.29) is 18.0 Å². The van der Waals surface area contributed by atoms with E-state index in [9.17, 15) is 9.59 Å². The van der Waals surface area contributed by atoms with Crippen LogP contribution in [-0.4, -0.2) is 31.2 Å². The number of hydrogen-bond donors (Lipinski definition) is 3. The lowest BCUT2D eigenvalue weighted by molar-refractivity contribution is -0.114. The van der Waals surface area contributed by atoms with Gasteiger partial charge in [-0.3, -0.25) is 4.79 Å². The molecule has 0 heterocycles. The van der Waals surface area contributed by atoms with Gasteiger partial charge in [-0.25, -0.2) is 4.79 Å². The molecule has 0 radical (unpaired) electrons. The van der Waals surface area contributed by atoms with Crippen molar-refractivity contribution in [3.8, 4) is 0 Å². The third kappa shape index (κ3) is 7.94. The first-order valence-corrected chi connectivity index (χ1v) is 7.01. The van der Waals surface area contributed by atoms with Crippen LogP contribution in [0.3, 0.4) is 0 Å². The molecule has 0 aromatic heterocycles. The number of hydrogen-bond acceptors (Lipinski definition) is 3. The Morgan fingerprint density at radius 3 is 2.48 bits per heavy atom. The summed E-state index contributed by atoms with van der Waals surface area (Å²) in [6.07, 6.45) is 0.965. The fourth-order valence-electron chi connectivity index (χ4n) is 1.65. The highest BCUT2D eigenvalue weighted by molar-refractivity contribution is 5.92. The number of benzene rings is 1. The topological polar surface area (TPSA) is 79.5 Å². The van der Waals surface area contributed by atoms with Crippen molar-refractivity contribution in [2.75, 3.05) is 23.8 Å². The van der Waals surface area contributed by atoms with Crippen LogP contribution in [0.2, 0.25) is 0 Å². The van der Waals surface area contributed by atoms with E-state index >= 15 is 0 Å². The van der Waals surface area contributed by atoms with Crippen LogP contribution in [0.5, 0.6) is 0 Å². The van der Waals surface area contributed by atoms with E-state index in [1.54, 1.807) is 24.3 Å². The number of amides is 3. The molecule has 0 aliphatic heterocycles. The Morgan fingerprint density at radius 2 is 1.86 bits per heavy atom. The quantitative estimate of drug-likeness (QED) is 0.676. The molecule has 116 valence electrons. The summed E-state index contributed by atoms with van der Waals surface area (Å²) >= 11 is 0. The first kappa shape index (κ1) is 17.0. The molecule has 1 aromatic carbocycles. The van der Waals surface area contributed by atoms with Gasteiger partial charge in [0, 0.05) is 31.5 Å². The molecule has 0 saturated carbocycles. The molecule has 0 aliphatic carbocycles. The summed E-state index contributed by atoms with van der Waals surface area (Å²) in [5.41, 5.74) is 1.27. The summed E-state index contributed by atoms with van der Waals surface area (Å²) in [7, 11) is 0. The molecule has 6 heteroatoms. The molecule has 0 bridgehead atoms. The van der Waals surface area contributed by atoms with Gasteiger partial charge in [0.1, 0.15) is 0 Å². The second kappa shape index (κ2) is 8.97. The first-order chi connectivity index (χ1) is 9.97. The van der Waals surface area contributed by atoms with Gasteiger partial charge in [-0.05, 0) is 38.5 Å². The number of urea groups is 1. The fourth-order valence-corrected chi connectivity index (χ4v) is 1.65. The summed E-state index contributed by atoms with van der Waals surface area (Å²) in [6.45, 7) is 6.55. The molecule has 0 saturated heterocycles. The lowest BCUT2D eigenvalue weighted by Crippen LogP contribution is -2.30. The average molecular weight is 293 g/mol. The maximum absolute atomic E-state index is 11.7. The average Bonchev–Trinajstić information content (AvgIpc) is 2.37. The Bertz CT molecular complexity index is 475. The fraction of sp³-hybridized carbons (Fsp3) is 0.467. The van der Waals surface area contributed by atoms with Crippen molar-refractivity contribution < 1.29 is 14.3 Å². The van der Waals surface area contributed by atoms with Crippen LogP contribution < -0.4 is 16.0 Å². The summed E-state index contributed by atoms with van der Waals surface area (Å²) in [4.78, 5) is 22.7. The Kier molecular flexibility index (Phi) is 7.25. The van der Waals surface area contributed by atoms with Crippen molar-refractivity contribution >= 4 is 23.3 Å². The number of carbonyl (C=O) groups excluding carboxylic acids is 2. The van der Waals surface area contributed by atoms with E-state index in [1.807, 2.05) is 13.8 Å². The van der Waals surface area contributed by atoms with Gasteiger partial charge < -0.3 is 20.7 Å². The molecular formula is C15H23N3O3. The predicted molar refractivity (Wildman–Crippen MR) is 83.5 cm³/mol. The number of ether oxygens (including phenoxy) is 1. The van der Waals surface area contributed by atoms with Gasteiger partial charge in [-0.2, -0.15) is 0 Å². The largest absolute Gasteiger partial charge is 0.379 e. The second-order valence-electron chi connectivity index (χ2n) is 4.92. The van der Waals surface area contributed by atoms with Gasteiger partial charge in [0.15, 0.2) is 0 Å². The van der Waals surface area contributed by atoms with Crippen molar-refractivity contribution in [3.63, 3.8) is 0 Å². The molecule has 0 aliphatic rings. The molecule has 0 fully saturated rings. The van der Waals surface area contributed by atoms with Crippen molar-refractivity contribution in [1.29, 1.82) is 0 Å². The van der Waals surface area contributed by atoms with Crippen LogP contribution in [0, 0.1) is 0 Å². The van der Waals surface area contributed by atoms with Crippen molar-refractivity contribution in [2.45, 2.75) is 33.3 Å². The minimum absolute atomic E-state index is 0.151. The molecule has 3 N–H and O–H groups in total. The van der Waals surface area contributed by atoms with Crippen LogP contribution in [0.25, 0.3) is 0 Å². The third-order valence-electron chi connectivity index (χ3n) is 2.50. The number of nitrogens with one attached hydrogen (secondary N) is 3. The minimum Gasteiger partial charge on any atom is -0.379 e. The zero-order valence-corrected chi connectivity index (χ0v) is 12.7. The van der Waals surface area contributed by atoms with Gasteiger partial charge >= 0.3 is 6.03 Å². The summed E-state index contributed by atoms with van der Waals surface area (Å²) in [6, 6.07) is 6.69. The van der Waals surface area contributed by atoms with E-state index in [0.717, 1.165) is 6.42 Å². The highest BCUT2D eigenvalue weighted by Crippen LogP contribution is 2.14. The molecular weight excluding hydrogens is 270 g/mol. The van der Waals surface area contributed by atoms with Crippen molar-refractivity contribution in [1.82, 2.24) is 5.32 Å². The maximum atomic E-state index is 11.7. The molecule has 21 heavy (non-hydrogen) atoms. The standard InChI is InChI=1S/C15H23N3O3/c1-11(2)21-9-5-8-16-15(20)18-14-7-4-6-13(10-14)17-12(3)19/h4,6-7,10-11H,5,8-9H2,1-3H3,(H,17,19)(H2,16,18,20). The van der Waals surface area contributed by atoms with E-state index in [2.05, 4.69) is 16.0 Å². The van der Waals surface area contributed by atoms with Crippen LogP contribution in [0.4, 0.5) is 16.2 Å². The number of rotatable bonds is 7. The Labute approximate surface area is 125 Å². The highest BCUT2D eigenvalue weighted by Gasteiger charge is 2.03. The second-order valence-corrected chi connectivity index (χ2v) is 4.92. The van der Waals surface area contributed by atoms with Gasteiger partial charge in [0.2, 0.25) is 5.91 Å². The van der Waals surface area contributed by atoms with Crippen LogP contribution in [-0.2, 0) is 9.53 Å². The predicted octanol–water partition coefficient (Wildman–Crippen LogP) is 2.58. The maximum Gasteiger partial charge on any atom is 0.319 e. The smallest absolute Gasteiger partial charge is 0.319 e. The molecule has 1 aromatic rings. The van der Waals surface area contributed by atoms with Crippen molar-refractivity contribution in [2.24, 2.45) is 0 Å². The van der Waals surface area contributed by atoms with Crippen molar-refractivity contribution in [3.05, 3.63) is 24.3 Å². The van der Waals surface area contributed by atoms with Crippen LogP contribution in [0.1, 0.15) is 27.2 Å². The summed E-state index contributed by atoms with van der Waals surface area (Å²) in [5.74, 6) is -0.151. The normalized spacial score (nSPS) is 10.3. The zero-order chi connectivity index (χ0) is 15.7. The summed E-state index contributed by atoms with van der Waals surface area (Å²) in [5, 5.41) is 8.12. The minimum atomic E-state index is -0.278. The zero-order valence-electron chi connectivity index (χ0n) is 12.7. The van der Waals surface area contributed by atoms with Gasteiger partial charge in [-0.1, -0.05) is 6.07 Å². The Hall–Kier alpha value is -2.08. The van der Waals surface area contributed by atoms with Gasteiger partial charge in [-0.15, -0.1) is 0 Å². The molecule has 0 atom stereocenters. The first-order valence-electron chi connectivity index (χ1n) is 7.01. The van der Waals surface area contributed by atoms with E-state index in [0.29, 0.717) is 24.5 Å². The molecule has 0 spiro atoms. The number of anilines is 2.